The molecule has 110 valence electrons. The van der Waals surface area contributed by atoms with Crippen LogP contribution in [0.5, 0.6) is 0 Å². The number of hydrogen-bond acceptors (Lipinski definition) is 3. The van der Waals surface area contributed by atoms with Gasteiger partial charge in [0.15, 0.2) is 0 Å². The van der Waals surface area contributed by atoms with Crippen LogP contribution in [-0.4, -0.2) is 59.6 Å². The smallest absolute Gasteiger partial charge is 0.314 e. The molecule has 0 bridgehead atoms. The van der Waals surface area contributed by atoms with Gasteiger partial charge in [-0.25, -0.2) is 4.79 Å². The minimum absolute atomic E-state index is 0.265. The number of carbonyl (C=O) groups excluding carboxylic acids is 1. The van der Waals surface area contributed by atoms with Crippen molar-refractivity contribution < 1.29 is 4.79 Å². The van der Waals surface area contributed by atoms with E-state index in [9.17, 15) is 4.79 Å². The zero-order valence-corrected chi connectivity index (χ0v) is 12.7. The third-order valence-electron chi connectivity index (χ3n) is 4.21. The minimum atomic E-state index is -0.265. The van der Waals surface area contributed by atoms with Crippen LogP contribution in [-0.2, 0) is 0 Å². The Hall–Kier alpha value is -0.420. The fraction of sp³-hybridized carbons (Fsp3) is 0.929. The second-order valence-corrected chi connectivity index (χ2v) is 7.06. The van der Waals surface area contributed by atoms with Crippen LogP contribution in [0.25, 0.3) is 0 Å². The van der Waals surface area contributed by atoms with E-state index in [0.717, 1.165) is 44.4 Å². The third-order valence-corrected chi connectivity index (χ3v) is 5.57. The summed E-state index contributed by atoms with van der Waals surface area (Å²) >= 11 is 2.16. The Labute approximate surface area is 121 Å². The van der Waals surface area contributed by atoms with Crippen LogP contribution in [0.3, 0.4) is 0 Å². The third kappa shape index (κ3) is 5.22. The fourth-order valence-corrected chi connectivity index (χ4v) is 4.36. The Morgan fingerprint density at radius 3 is 2.58 bits per heavy atom. The van der Waals surface area contributed by atoms with Gasteiger partial charge in [0.05, 0.1) is 0 Å². The number of hydrogen-bond donors (Lipinski definition) is 1. The first kappa shape index (κ1) is 15.0. The predicted octanol–water partition coefficient (Wildman–Crippen LogP) is 2.14. The molecule has 2 amide bonds. The molecule has 0 aromatic carbocycles. The molecule has 2 N–H and O–H groups in total. The summed E-state index contributed by atoms with van der Waals surface area (Å²) < 4.78 is 0. The lowest BCUT2D eigenvalue weighted by molar-refractivity contribution is 0.208. The van der Waals surface area contributed by atoms with E-state index in [-0.39, 0.29) is 6.03 Å². The van der Waals surface area contributed by atoms with Crippen molar-refractivity contribution in [3.8, 4) is 0 Å². The topological polar surface area (TPSA) is 49.6 Å². The zero-order valence-electron chi connectivity index (χ0n) is 11.9. The van der Waals surface area contributed by atoms with Crippen LogP contribution in [0, 0.1) is 0 Å². The first-order chi connectivity index (χ1) is 9.25. The first-order valence-corrected chi connectivity index (χ1v) is 8.69. The predicted molar refractivity (Wildman–Crippen MR) is 81.5 cm³/mol. The summed E-state index contributed by atoms with van der Waals surface area (Å²) in [6.45, 7) is 4.86. The molecule has 5 heteroatoms. The summed E-state index contributed by atoms with van der Waals surface area (Å²) in [5.41, 5.74) is 5.34. The average Bonchev–Trinajstić information content (AvgIpc) is 2.66. The van der Waals surface area contributed by atoms with Gasteiger partial charge < -0.3 is 15.5 Å². The number of thioether (sulfide) groups is 1. The van der Waals surface area contributed by atoms with Gasteiger partial charge in [0, 0.05) is 37.2 Å². The van der Waals surface area contributed by atoms with Gasteiger partial charge in [0.25, 0.3) is 0 Å². The summed E-state index contributed by atoms with van der Waals surface area (Å²) in [5, 5.41) is 0.905. The second-order valence-electron chi connectivity index (χ2n) is 5.65. The van der Waals surface area contributed by atoms with Crippen molar-refractivity contribution in [3.63, 3.8) is 0 Å². The van der Waals surface area contributed by atoms with E-state index < -0.39 is 0 Å². The van der Waals surface area contributed by atoms with Crippen LogP contribution in [0.2, 0.25) is 0 Å². The lowest BCUT2D eigenvalue weighted by Gasteiger charge is -2.24. The number of amides is 2. The van der Waals surface area contributed by atoms with Crippen molar-refractivity contribution in [3.05, 3.63) is 0 Å². The van der Waals surface area contributed by atoms with Crippen molar-refractivity contribution in [2.75, 3.05) is 38.5 Å². The maximum absolute atomic E-state index is 11.2. The van der Waals surface area contributed by atoms with Gasteiger partial charge in [-0.2, -0.15) is 11.8 Å². The van der Waals surface area contributed by atoms with E-state index in [1.165, 1.54) is 37.9 Å². The SMILES string of the molecule is NC(=O)N1CCCN(CCSC2CCCCC2)CC1. The molecule has 1 saturated heterocycles. The summed E-state index contributed by atoms with van der Waals surface area (Å²) in [7, 11) is 0. The Kier molecular flexibility index (Phi) is 6.31. The van der Waals surface area contributed by atoms with Crippen molar-refractivity contribution in [1.82, 2.24) is 9.80 Å². The van der Waals surface area contributed by atoms with Gasteiger partial charge in [-0.3, -0.25) is 0 Å². The second kappa shape index (κ2) is 8.00. The van der Waals surface area contributed by atoms with E-state index in [4.69, 9.17) is 5.73 Å². The lowest BCUT2D eigenvalue weighted by atomic mass is 10.0. The number of nitrogens with two attached hydrogens (primary N) is 1. The standard InChI is InChI=1S/C14H27N3OS/c15-14(18)17-8-4-7-16(9-10-17)11-12-19-13-5-2-1-3-6-13/h13H,1-12H2,(H2,15,18). The minimum Gasteiger partial charge on any atom is -0.351 e. The maximum Gasteiger partial charge on any atom is 0.314 e. The zero-order chi connectivity index (χ0) is 13.5. The average molecular weight is 285 g/mol. The normalized spacial score (nSPS) is 23.3. The van der Waals surface area contributed by atoms with E-state index >= 15 is 0 Å². The molecular weight excluding hydrogens is 258 g/mol. The largest absolute Gasteiger partial charge is 0.351 e. The van der Waals surface area contributed by atoms with Crippen LogP contribution in [0.15, 0.2) is 0 Å². The summed E-state index contributed by atoms with van der Waals surface area (Å²) in [6, 6.07) is -0.265. The first-order valence-electron chi connectivity index (χ1n) is 7.64. The van der Waals surface area contributed by atoms with Gasteiger partial charge in [0.1, 0.15) is 0 Å². The molecule has 1 aliphatic heterocycles. The molecular formula is C14H27N3OS. The summed E-state index contributed by atoms with van der Waals surface area (Å²) in [5.74, 6) is 1.24. The van der Waals surface area contributed by atoms with Gasteiger partial charge >= 0.3 is 6.03 Å². The highest BCUT2D eigenvalue weighted by molar-refractivity contribution is 7.99. The number of nitrogens with zero attached hydrogens (tertiary/aromatic N) is 2. The Morgan fingerprint density at radius 2 is 1.84 bits per heavy atom. The summed E-state index contributed by atoms with van der Waals surface area (Å²) in [6.07, 6.45) is 8.17. The van der Waals surface area contributed by atoms with Crippen LogP contribution < -0.4 is 5.73 Å². The van der Waals surface area contributed by atoms with Crippen LogP contribution in [0.4, 0.5) is 4.79 Å². The van der Waals surface area contributed by atoms with Crippen molar-refractivity contribution in [1.29, 1.82) is 0 Å². The monoisotopic (exact) mass is 285 g/mol. The quantitative estimate of drug-likeness (QED) is 0.861. The van der Waals surface area contributed by atoms with Crippen LogP contribution in [0.1, 0.15) is 38.5 Å². The molecule has 2 aliphatic rings. The number of rotatable bonds is 4. The Morgan fingerprint density at radius 1 is 1.05 bits per heavy atom. The summed E-state index contributed by atoms with van der Waals surface area (Å²) in [4.78, 5) is 15.4. The molecule has 0 aromatic heterocycles. The van der Waals surface area contributed by atoms with Crippen LogP contribution >= 0.6 is 11.8 Å². The molecule has 4 nitrogen and oxygen atoms in total. The van der Waals surface area contributed by atoms with Gasteiger partial charge in [-0.05, 0) is 25.8 Å². The molecule has 2 rings (SSSR count). The van der Waals surface area contributed by atoms with Gasteiger partial charge in [-0.15, -0.1) is 0 Å². The number of primary amides is 1. The molecule has 0 radical (unpaired) electrons. The van der Waals surface area contributed by atoms with E-state index in [1.807, 2.05) is 0 Å². The number of urea groups is 1. The van der Waals surface area contributed by atoms with E-state index in [2.05, 4.69) is 16.7 Å². The number of carbonyl (C=O) groups is 1. The molecule has 19 heavy (non-hydrogen) atoms. The Balaban J connectivity index is 1.61. The van der Waals surface area contributed by atoms with E-state index in [0.29, 0.717) is 0 Å². The Bertz CT molecular complexity index is 282. The lowest BCUT2D eigenvalue weighted by Crippen LogP contribution is -2.38. The van der Waals surface area contributed by atoms with Crippen molar-refractivity contribution in [2.45, 2.75) is 43.8 Å². The highest BCUT2D eigenvalue weighted by Gasteiger charge is 2.18. The molecule has 0 spiro atoms. The van der Waals surface area contributed by atoms with Gasteiger partial charge in [0.2, 0.25) is 0 Å². The highest BCUT2D eigenvalue weighted by Crippen LogP contribution is 2.28. The molecule has 1 heterocycles. The van der Waals surface area contributed by atoms with Crippen molar-refractivity contribution >= 4 is 17.8 Å². The fourth-order valence-electron chi connectivity index (χ4n) is 3.00. The van der Waals surface area contributed by atoms with E-state index in [1.54, 1.807) is 4.90 Å². The van der Waals surface area contributed by atoms with Gasteiger partial charge in [-0.1, -0.05) is 19.3 Å². The maximum atomic E-state index is 11.2. The molecule has 2 fully saturated rings. The molecule has 1 saturated carbocycles. The molecule has 1 aliphatic carbocycles. The van der Waals surface area contributed by atoms with Crippen molar-refractivity contribution in [2.24, 2.45) is 5.73 Å². The molecule has 0 unspecified atom stereocenters. The molecule has 0 aromatic rings. The highest BCUT2D eigenvalue weighted by atomic mass is 32.2. The molecule has 0 atom stereocenters.